The first kappa shape index (κ1) is 19.9. The molecule has 1 aliphatic heterocycles. The number of aromatic nitrogens is 2. The monoisotopic (exact) mass is 444 g/mol. The summed E-state index contributed by atoms with van der Waals surface area (Å²) in [6.07, 6.45) is -2.70. The van der Waals surface area contributed by atoms with Crippen LogP contribution in [0.15, 0.2) is 28.7 Å². The molecule has 2 aromatic rings. The number of rotatable bonds is 5. The van der Waals surface area contributed by atoms with E-state index < -0.39 is 6.43 Å². The maximum Gasteiger partial charge on any atom is 0.283 e. The van der Waals surface area contributed by atoms with E-state index in [4.69, 9.17) is 0 Å². The highest BCUT2D eigenvalue weighted by atomic mass is 79.9. The minimum atomic E-state index is -2.70. The summed E-state index contributed by atoms with van der Waals surface area (Å²) in [4.78, 5) is 16.3. The topological polar surface area (TPSA) is 41.4 Å². The van der Waals surface area contributed by atoms with Gasteiger partial charge < -0.3 is 4.90 Å². The molecular weight excluding hydrogens is 425 g/mol. The van der Waals surface area contributed by atoms with Gasteiger partial charge in [0, 0.05) is 38.3 Å². The Bertz CT molecular complexity index is 819. The lowest BCUT2D eigenvalue weighted by atomic mass is 10.2. The third kappa shape index (κ3) is 4.52. The summed E-state index contributed by atoms with van der Waals surface area (Å²) in [5, 5.41) is 3.84. The van der Waals surface area contributed by atoms with E-state index in [0.29, 0.717) is 44.0 Å². The molecular formula is C18H20BrF3N4O. The molecule has 0 N–H and O–H groups in total. The molecule has 0 spiro atoms. The van der Waals surface area contributed by atoms with Crippen molar-refractivity contribution in [1.29, 1.82) is 0 Å². The second kappa shape index (κ2) is 8.43. The Labute approximate surface area is 163 Å². The van der Waals surface area contributed by atoms with Crippen molar-refractivity contribution in [3.05, 3.63) is 51.5 Å². The van der Waals surface area contributed by atoms with Gasteiger partial charge in [0.1, 0.15) is 18.1 Å². The molecule has 0 bridgehead atoms. The van der Waals surface area contributed by atoms with Crippen LogP contribution < -0.4 is 0 Å². The van der Waals surface area contributed by atoms with Crippen LogP contribution in [-0.2, 0) is 17.9 Å². The first-order chi connectivity index (χ1) is 12.9. The van der Waals surface area contributed by atoms with E-state index in [1.54, 1.807) is 30.0 Å². The van der Waals surface area contributed by atoms with Gasteiger partial charge in [-0.3, -0.25) is 14.4 Å². The molecule has 27 heavy (non-hydrogen) atoms. The molecule has 1 amide bonds. The van der Waals surface area contributed by atoms with Crippen molar-refractivity contribution in [3.63, 3.8) is 0 Å². The number of nitrogens with zero attached hydrogens (tertiary/aromatic N) is 4. The quantitative estimate of drug-likeness (QED) is 0.709. The van der Waals surface area contributed by atoms with Crippen molar-refractivity contribution in [1.82, 2.24) is 19.6 Å². The normalized spacial score (nSPS) is 15.6. The molecule has 0 saturated carbocycles. The third-order valence-electron chi connectivity index (χ3n) is 4.73. The second-order valence-electron chi connectivity index (χ2n) is 6.49. The second-order valence-corrected chi connectivity index (χ2v) is 7.28. The number of carbonyl (C=O) groups excluding carboxylic acids is 1. The maximum absolute atomic E-state index is 13.8. The summed E-state index contributed by atoms with van der Waals surface area (Å²) in [5.41, 5.74) is 0.778. The van der Waals surface area contributed by atoms with Crippen LogP contribution in [0, 0.1) is 12.7 Å². The van der Waals surface area contributed by atoms with Crippen LogP contribution in [0.25, 0.3) is 0 Å². The SMILES string of the molecule is Cc1c(Br)c(C(F)F)nn1CC(=O)N1CCN(Cc2ccccc2F)CC1. The highest BCUT2D eigenvalue weighted by Crippen LogP contribution is 2.29. The number of hydrogen-bond donors (Lipinski definition) is 0. The Hall–Kier alpha value is -1.87. The Morgan fingerprint density at radius 1 is 1.22 bits per heavy atom. The molecule has 5 nitrogen and oxygen atoms in total. The van der Waals surface area contributed by atoms with Crippen molar-refractivity contribution in [2.75, 3.05) is 26.2 Å². The van der Waals surface area contributed by atoms with Gasteiger partial charge in [0.2, 0.25) is 5.91 Å². The largest absolute Gasteiger partial charge is 0.339 e. The number of halogens is 4. The predicted molar refractivity (Wildman–Crippen MR) is 97.9 cm³/mol. The Morgan fingerprint density at radius 2 is 1.89 bits per heavy atom. The molecule has 0 aliphatic carbocycles. The molecule has 2 heterocycles. The van der Waals surface area contributed by atoms with E-state index in [2.05, 4.69) is 25.9 Å². The van der Waals surface area contributed by atoms with Gasteiger partial charge in [0.25, 0.3) is 6.43 Å². The minimum Gasteiger partial charge on any atom is -0.339 e. The fraction of sp³-hybridized carbons (Fsp3) is 0.444. The van der Waals surface area contributed by atoms with Gasteiger partial charge in [-0.1, -0.05) is 18.2 Å². The number of carbonyl (C=O) groups is 1. The van der Waals surface area contributed by atoms with Crippen molar-refractivity contribution >= 4 is 21.8 Å². The Morgan fingerprint density at radius 3 is 2.48 bits per heavy atom. The molecule has 1 aliphatic rings. The molecule has 0 radical (unpaired) electrons. The number of hydrogen-bond acceptors (Lipinski definition) is 3. The minimum absolute atomic E-state index is 0.0789. The first-order valence-electron chi connectivity index (χ1n) is 8.61. The summed E-state index contributed by atoms with van der Waals surface area (Å²) in [5.74, 6) is -0.398. The number of benzene rings is 1. The zero-order chi connectivity index (χ0) is 19.6. The fourth-order valence-corrected chi connectivity index (χ4v) is 3.55. The molecule has 1 aromatic heterocycles. The molecule has 1 saturated heterocycles. The molecule has 3 rings (SSSR count). The lowest BCUT2D eigenvalue weighted by Crippen LogP contribution is -2.49. The average molecular weight is 445 g/mol. The van der Waals surface area contributed by atoms with E-state index >= 15 is 0 Å². The molecule has 1 fully saturated rings. The first-order valence-corrected chi connectivity index (χ1v) is 9.40. The van der Waals surface area contributed by atoms with Gasteiger partial charge in [0.15, 0.2) is 0 Å². The Balaban J connectivity index is 1.56. The standard InChI is InChI=1S/C18H20BrF3N4O/c1-12-16(19)17(18(21)22)23-26(12)11-15(27)25-8-6-24(7-9-25)10-13-4-2-3-5-14(13)20/h2-5,18H,6-11H2,1H3. The zero-order valence-corrected chi connectivity index (χ0v) is 16.4. The highest BCUT2D eigenvalue weighted by molar-refractivity contribution is 9.10. The van der Waals surface area contributed by atoms with Crippen LogP contribution in [0.3, 0.4) is 0 Å². The smallest absolute Gasteiger partial charge is 0.283 e. The van der Waals surface area contributed by atoms with Gasteiger partial charge in [-0.15, -0.1) is 0 Å². The summed E-state index contributed by atoms with van der Waals surface area (Å²) < 4.78 is 41.2. The van der Waals surface area contributed by atoms with Gasteiger partial charge in [-0.25, -0.2) is 13.2 Å². The van der Waals surface area contributed by atoms with Crippen molar-refractivity contribution in [2.24, 2.45) is 0 Å². The third-order valence-corrected chi connectivity index (χ3v) is 5.71. The van der Waals surface area contributed by atoms with Crippen molar-refractivity contribution < 1.29 is 18.0 Å². The van der Waals surface area contributed by atoms with Gasteiger partial charge in [-0.05, 0) is 28.9 Å². The summed E-state index contributed by atoms with van der Waals surface area (Å²) in [6.45, 7) is 4.34. The van der Waals surface area contributed by atoms with E-state index in [-0.39, 0.29) is 28.4 Å². The van der Waals surface area contributed by atoms with Crippen LogP contribution in [0.2, 0.25) is 0 Å². The summed E-state index contributed by atoms with van der Waals surface area (Å²) in [7, 11) is 0. The molecule has 0 atom stereocenters. The van der Waals surface area contributed by atoms with Crippen molar-refractivity contribution in [3.8, 4) is 0 Å². The predicted octanol–water partition coefficient (Wildman–Crippen LogP) is 3.38. The zero-order valence-electron chi connectivity index (χ0n) is 14.8. The average Bonchev–Trinajstić information content (AvgIpc) is 2.93. The van der Waals surface area contributed by atoms with Crippen LogP contribution in [0.4, 0.5) is 13.2 Å². The van der Waals surface area contributed by atoms with E-state index in [1.165, 1.54) is 10.7 Å². The number of alkyl halides is 2. The molecule has 1 aromatic carbocycles. The van der Waals surface area contributed by atoms with Crippen LogP contribution in [0.5, 0.6) is 0 Å². The van der Waals surface area contributed by atoms with Crippen LogP contribution >= 0.6 is 15.9 Å². The van der Waals surface area contributed by atoms with Gasteiger partial charge >= 0.3 is 0 Å². The van der Waals surface area contributed by atoms with E-state index in [1.807, 2.05) is 0 Å². The highest BCUT2D eigenvalue weighted by Gasteiger charge is 2.25. The summed E-state index contributed by atoms with van der Waals surface area (Å²) >= 11 is 3.11. The van der Waals surface area contributed by atoms with Gasteiger partial charge in [0.05, 0.1) is 10.2 Å². The number of amides is 1. The maximum atomic E-state index is 13.8. The molecule has 146 valence electrons. The molecule has 0 unspecified atom stereocenters. The number of piperazine rings is 1. The lowest BCUT2D eigenvalue weighted by Gasteiger charge is -2.34. The molecule has 9 heteroatoms. The van der Waals surface area contributed by atoms with E-state index in [9.17, 15) is 18.0 Å². The Kier molecular flexibility index (Phi) is 6.21. The van der Waals surface area contributed by atoms with Gasteiger partial charge in [-0.2, -0.15) is 5.10 Å². The summed E-state index contributed by atoms with van der Waals surface area (Å²) in [6, 6.07) is 6.65. The fourth-order valence-electron chi connectivity index (χ4n) is 3.09. The van der Waals surface area contributed by atoms with Crippen LogP contribution in [0.1, 0.15) is 23.4 Å². The van der Waals surface area contributed by atoms with Crippen molar-refractivity contribution in [2.45, 2.75) is 26.4 Å². The van der Waals surface area contributed by atoms with E-state index in [0.717, 1.165) is 0 Å². The van der Waals surface area contributed by atoms with Crippen LogP contribution in [-0.4, -0.2) is 51.7 Å². The lowest BCUT2D eigenvalue weighted by molar-refractivity contribution is -0.133.